The molecule has 1 N–H and O–H groups in total. The van der Waals surface area contributed by atoms with Crippen LogP contribution < -0.4 is 10.2 Å². The fraction of sp³-hybridized carbons (Fsp3) is 0.400. The zero-order chi connectivity index (χ0) is 13.8. The van der Waals surface area contributed by atoms with Crippen LogP contribution in [0.4, 0.5) is 11.4 Å². The average Bonchev–Trinajstić information content (AvgIpc) is 2.38. The molecule has 0 saturated carbocycles. The molecule has 1 aromatic carbocycles. The molecule has 2 atom stereocenters. The number of rotatable bonds is 3. The standard InChI is InChI=1S/C15H20N2O2/c1-4-15(18)16-13-5-7-14(8-6-13)17-9-11(2)19-12(3)10-17/h4-8,11-12H,1,9-10H2,2-3H3,(H,16,18)/t11-,12+. The molecule has 102 valence electrons. The molecule has 0 spiro atoms. The Morgan fingerprint density at radius 3 is 2.42 bits per heavy atom. The van der Waals surface area contributed by atoms with Gasteiger partial charge in [-0.1, -0.05) is 6.58 Å². The first-order valence-electron chi connectivity index (χ1n) is 6.52. The van der Waals surface area contributed by atoms with Gasteiger partial charge in [-0.3, -0.25) is 4.79 Å². The molecule has 0 aromatic heterocycles. The van der Waals surface area contributed by atoms with Crippen LogP contribution in [-0.2, 0) is 9.53 Å². The third kappa shape index (κ3) is 3.58. The fourth-order valence-electron chi connectivity index (χ4n) is 2.34. The minimum atomic E-state index is -0.193. The van der Waals surface area contributed by atoms with Crippen LogP contribution in [0.2, 0.25) is 0 Å². The normalized spacial score (nSPS) is 22.9. The maximum atomic E-state index is 11.2. The summed E-state index contributed by atoms with van der Waals surface area (Å²) in [5, 5.41) is 2.74. The molecule has 0 bridgehead atoms. The highest BCUT2D eigenvalue weighted by Crippen LogP contribution is 2.22. The quantitative estimate of drug-likeness (QED) is 0.849. The molecule has 1 aliphatic heterocycles. The van der Waals surface area contributed by atoms with Crippen LogP contribution >= 0.6 is 0 Å². The summed E-state index contributed by atoms with van der Waals surface area (Å²) in [6.45, 7) is 9.38. The Balaban J connectivity index is 2.05. The second kappa shape index (κ2) is 5.89. The van der Waals surface area contributed by atoms with Gasteiger partial charge in [0.25, 0.3) is 0 Å². The van der Waals surface area contributed by atoms with E-state index in [4.69, 9.17) is 4.74 Å². The number of hydrogen-bond donors (Lipinski definition) is 1. The highest BCUT2D eigenvalue weighted by molar-refractivity contribution is 5.98. The van der Waals surface area contributed by atoms with Gasteiger partial charge in [-0.15, -0.1) is 0 Å². The van der Waals surface area contributed by atoms with Gasteiger partial charge in [0.05, 0.1) is 12.2 Å². The topological polar surface area (TPSA) is 41.6 Å². The number of hydrogen-bond acceptors (Lipinski definition) is 3. The van der Waals surface area contributed by atoms with Crippen molar-refractivity contribution in [1.82, 2.24) is 0 Å². The van der Waals surface area contributed by atoms with Gasteiger partial charge < -0.3 is 15.0 Å². The van der Waals surface area contributed by atoms with Gasteiger partial charge in [-0.2, -0.15) is 0 Å². The summed E-state index contributed by atoms with van der Waals surface area (Å²) in [4.78, 5) is 13.5. The molecule has 1 aromatic rings. The Hall–Kier alpha value is -1.81. The maximum absolute atomic E-state index is 11.2. The average molecular weight is 260 g/mol. The predicted molar refractivity (Wildman–Crippen MR) is 77.5 cm³/mol. The predicted octanol–water partition coefficient (Wildman–Crippen LogP) is 2.42. The number of benzene rings is 1. The second-order valence-electron chi connectivity index (χ2n) is 4.90. The van der Waals surface area contributed by atoms with Crippen molar-refractivity contribution in [3.63, 3.8) is 0 Å². The van der Waals surface area contributed by atoms with Crippen molar-refractivity contribution in [1.29, 1.82) is 0 Å². The molecule has 0 unspecified atom stereocenters. The van der Waals surface area contributed by atoms with Crippen molar-refractivity contribution < 1.29 is 9.53 Å². The number of morpholine rings is 1. The van der Waals surface area contributed by atoms with Gasteiger partial charge in [-0.05, 0) is 44.2 Å². The van der Waals surface area contributed by atoms with Gasteiger partial charge in [0.2, 0.25) is 5.91 Å². The van der Waals surface area contributed by atoms with E-state index in [0.29, 0.717) is 0 Å². The molecule has 19 heavy (non-hydrogen) atoms. The molecule has 2 rings (SSSR count). The Kier molecular flexibility index (Phi) is 4.22. The van der Waals surface area contributed by atoms with Crippen LogP contribution in [0.3, 0.4) is 0 Å². The number of nitrogens with zero attached hydrogens (tertiary/aromatic N) is 1. The molecule has 1 aliphatic rings. The fourth-order valence-corrected chi connectivity index (χ4v) is 2.34. The Bertz CT molecular complexity index is 446. The molecule has 1 fully saturated rings. The van der Waals surface area contributed by atoms with Gasteiger partial charge in [0, 0.05) is 24.5 Å². The van der Waals surface area contributed by atoms with E-state index < -0.39 is 0 Å². The van der Waals surface area contributed by atoms with Crippen LogP contribution in [0.25, 0.3) is 0 Å². The van der Waals surface area contributed by atoms with Crippen LogP contribution in [0, 0.1) is 0 Å². The zero-order valence-corrected chi connectivity index (χ0v) is 11.4. The summed E-state index contributed by atoms with van der Waals surface area (Å²) in [6, 6.07) is 7.84. The summed E-state index contributed by atoms with van der Waals surface area (Å²) < 4.78 is 5.72. The van der Waals surface area contributed by atoms with E-state index in [1.54, 1.807) is 0 Å². The van der Waals surface area contributed by atoms with Crippen molar-refractivity contribution in [3.8, 4) is 0 Å². The number of nitrogens with one attached hydrogen (secondary N) is 1. The van der Waals surface area contributed by atoms with Gasteiger partial charge >= 0.3 is 0 Å². The lowest BCUT2D eigenvalue weighted by molar-refractivity contribution is -0.111. The first-order valence-corrected chi connectivity index (χ1v) is 6.52. The van der Waals surface area contributed by atoms with Crippen molar-refractivity contribution >= 4 is 17.3 Å². The third-order valence-corrected chi connectivity index (χ3v) is 3.10. The molecule has 0 aliphatic carbocycles. The van der Waals surface area contributed by atoms with Crippen LogP contribution in [0.1, 0.15) is 13.8 Å². The van der Waals surface area contributed by atoms with Crippen molar-refractivity contribution in [3.05, 3.63) is 36.9 Å². The number of carbonyl (C=O) groups is 1. The molecule has 1 saturated heterocycles. The van der Waals surface area contributed by atoms with Crippen molar-refractivity contribution in [2.45, 2.75) is 26.1 Å². The zero-order valence-electron chi connectivity index (χ0n) is 11.4. The maximum Gasteiger partial charge on any atom is 0.247 e. The molecular weight excluding hydrogens is 240 g/mol. The van der Waals surface area contributed by atoms with E-state index in [2.05, 4.69) is 30.6 Å². The van der Waals surface area contributed by atoms with E-state index in [0.717, 1.165) is 24.5 Å². The van der Waals surface area contributed by atoms with Crippen LogP contribution in [-0.4, -0.2) is 31.2 Å². The minimum Gasteiger partial charge on any atom is -0.372 e. The lowest BCUT2D eigenvalue weighted by Crippen LogP contribution is -2.45. The Morgan fingerprint density at radius 1 is 1.32 bits per heavy atom. The monoisotopic (exact) mass is 260 g/mol. The van der Waals surface area contributed by atoms with E-state index in [-0.39, 0.29) is 18.1 Å². The number of carbonyl (C=O) groups excluding carboxylic acids is 1. The lowest BCUT2D eigenvalue weighted by atomic mass is 10.2. The number of anilines is 2. The highest BCUT2D eigenvalue weighted by Gasteiger charge is 2.22. The highest BCUT2D eigenvalue weighted by atomic mass is 16.5. The number of ether oxygens (including phenoxy) is 1. The van der Waals surface area contributed by atoms with Crippen LogP contribution in [0.15, 0.2) is 36.9 Å². The summed E-state index contributed by atoms with van der Waals surface area (Å²) >= 11 is 0. The molecule has 4 nitrogen and oxygen atoms in total. The lowest BCUT2D eigenvalue weighted by Gasteiger charge is -2.36. The second-order valence-corrected chi connectivity index (χ2v) is 4.90. The van der Waals surface area contributed by atoms with E-state index in [1.807, 2.05) is 24.3 Å². The van der Waals surface area contributed by atoms with Gasteiger partial charge in [-0.25, -0.2) is 0 Å². The van der Waals surface area contributed by atoms with Crippen molar-refractivity contribution in [2.24, 2.45) is 0 Å². The smallest absolute Gasteiger partial charge is 0.247 e. The number of amides is 1. The SMILES string of the molecule is C=CC(=O)Nc1ccc(N2C[C@@H](C)O[C@@H](C)C2)cc1. The summed E-state index contributed by atoms with van der Waals surface area (Å²) in [6.07, 6.45) is 1.74. The molecule has 1 amide bonds. The summed E-state index contributed by atoms with van der Waals surface area (Å²) in [7, 11) is 0. The Labute approximate surface area is 114 Å². The first kappa shape index (κ1) is 13.6. The molecule has 0 radical (unpaired) electrons. The first-order chi connectivity index (χ1) is 9.08. The van der Waals surface area contributed by atoms with E-state index >= 15 is 0 Å². The summed E-state index contributed by atoms with van der Waals surface area (Å²) in [5.41, 5.74) is 1.93. The summed E-state index contributed by atoms with van der Waals surface area (Å²) in [5.74, 6) is -0.193. The molecular formula is C15H20N2O2. The molecule has 4 heteroatoms. The van der Waals surface area contributed by atoms with E-state index in [9.17, 15) is 4.79 Å². The van der Waals surface area contributed by atoms with E-state index in [1.165, 1.54) is 6.08 Å². The van der Waals surface area contributed by atoms with Gasteiger partial charge in [0.1, 0.15) is 0 Å². The largest absolute Gasteiger partial charge is 0.372 e. The third-order valence-electron chi connectivity index (χ3n) is 3.10. The molecule has 1 heterocycles. The Morgan fingerprint density at radius 2 is 1.89 bits per heavy atom. The van der Waals surface area contributed by atoms with Crippen LogP contribution in [0.5, 0.6) is 0 Å². The van der Waals surface area contributed by atoms with Gasteiger partial charge in [0.15, 0.2) is 0 Å². The minimum absolute atomic E-state index is 0.193. The van der Waals surface area contributed by atoms with Crippen molar-refractivity contribution in [2.75, 3.05) is 23.3 Å².